The van der Waals surface area contributed by atoms with Crippen molar-refractivity contribution in [3.05, 3.63) is 71.5 Å². The van der Waals surface area contributed by atoms with Gasteiger partial charge in [-0.25, -0.2) is 0 Å². The van der Waals surface area contributed by atoms with Gasteiger partial charge in [0.15, 0.2) is 0 Å². The minimum Gasteiger partial charge on any atom is -0.499 e. The topological polar surface area (TPSA) is 48.0 Å². The highest BCUT2D eigenvalue weighted by atomic mass is 16.5. The van der Waals surface area contributed by atoms with E-state index in [4.69, 9.17) is 14.2 Å². The van der Waals surface area contributed by atoms with Gasteiger partial charge in [0.05, 0.1) is 25.9 Å². The van der Waals surface area contributed by atoms with Crippen LogP contribution in [0.15, 0.2) is 54.8 Å². The van der Waals surface area contributed by atoms with Crippen molar-refractivity contribution in [1.29, 1.82) is 0 Å². The Hall–Kier alpha value is -2.79. The Morgan fingerprint density at radius 1 is 1.19 bits per heavy atom. The van der Waals surface area contributed by atoms with Gasteiger partial charge < -0.3 is 14.2 Å². The summed E-state index contributed by atoms with van der Waals surface area (Å²) < 4.78 is 16.6. The summed E-state index contributed by atoms with van der Waals surface area (Å²) in [6, 6.07) is 16.3. The zero-order valence-corrected chi connectivity index (χ0v) is 18.8. The van der Waals surface area contributed by atoms with Crippen LogP contribution < -0.4 is 4.74 Å². The number of ether oxygens (including phenoxy) is 3. The normalized spacial score (nSPS) is 17.3. The summed E-state index contributed by atoms with van der Waals surface area (Å²) in [4.78, 5) is 14.4. The average molecular weight is 424 g/mol. The highest BCUT2D eigenvalue weighted by Gasteiger charge is 2.26. The fourth-order valence-electron chi connectivity index (χ4n) is 3.99. The summed E-state index contributed by atoms with van der Waals surface area (Å²) in [5, 5.41) is 0. The largest absolute Gasteiger partial charge is 0.499 e. The van der Waals surface area contributed by atoms with E-state index in [1.165, 1.54) is 5.56 Å². The van der Waals surface area contributed by atoms with Gasteiger partial charge in [-0.1, -0.05) is 36.4 Å². The van der Waals surface area contributed by atoms with E-state index in [1.807, 2.05) is 43.5 Å². The van der Waals surface area contributed by atoms with Crippen molar-refractivity contribution in [2.45, 2.75) is 26.7 Å². The first kappa shape index (κ1) is 22.9. The Labute approximate surface area is 185 Å². The van der Waals surface area contributed by atoms with Crippen molar-refractivity contribution in [3.8, 4) is 5.75 Å². The van der Waals surface area contributed by atoms with E-state index in [9.17, 15) is 4.79 Å². The van der Waals surface area contributed by atoms with Gasteiger partial charge in [0, 0.05) is 18.7 Å². The van der Waals surface area contributed by atoms with E-state index >= 15 is 0 Å². The predicted octanol–water partition coefficient (Wildman–Crippen LogP) is 4.68. The Morgan fingerprint density at radius 3 is 2.81 bits per heavy atom. The number of benzene rings is 2. The lowest BCUT2D eigenvalue weighted by Crippen LogP contribution is -2.40. The lowest BCUT2D eigenvalue weighted by Gasteiger charge is -2.31. The summed E-state index contributed by atoms with van der Waals surface area (Å²) in [5.41, 5.74) is 4.40. The monoisotopic (exact) mass is 423 g/mol. The molecule has 1 atom stereocenters. The molecule has 1 aliphatic heterocycles. The van der Waals surface area contributed by atoms with E-state index in [1.54, 1.807) is 7.11 Å². The van der Waals surface area contributed by atoms with Gasteiger partial charge in [-0.3, -0.25) is 9.69 Å². The molecule has 5 heteroatoms. The summed E-state index contributed by atoms with van der Waals surface area (Å²) in [6.07, 6.45) is 3.77. The summed E-state index contributed by atoms with van der Waals surface area (Å²) in [6.45, 7) is 7.48. The smallest absolute Gasteiger partial charge is 0.310 e. The van der Waals surface area contributed by atoms with Gasteiger partial charge in [0.1, 0.15) is 12.4 Å². The van der Waals surface area contributed by atoms with Gasteiger partial charge in [0.2, 0.25) is 0 Å². The molecule has 5 nitrogen and oxygen atoms in total. The minimum absolute atomic E-state index is 0.0245. The van der Waals surface area contributed by atoms with Crippen LogP contribution in [0.1, 0.15) is 36.5 Å². The van der Waals surface area contributed by atoms with Gasteiger partial charge in [-0.15, -0.1) is 0 Å². The summed E-state index contributed by atoms with van der Waals surface area (Å²) >= 11 is 0. The maximum Gasteiger partial charge on any atom is 0.310 e. The molecule has 0 N–H and O–H groups in total. The molecule has 0 bridgehead atoms. The van der Waals surface area contributed by atoms with Crippen LogP contribution in [0.5, 0.6) is 5.75 Å². The molecule has 1 heterocycles. The molecular weight excluding hydrogens is 390 g/mol. The molecule has 0 saturated carbocycles. The third-order valence-corrected chi connectivity index (χ3v) is 5.67. The molecule has 0 aliphatic carbocycles. The Bertz CT molecular complexity index is 892. The molecule has 2 aromatic carbocycles. The zero-order chi connectivity index (χ0) is 22.1. The molecule has 1 saturated heterocycles. The number of aryl methyl sites for hydroxylation is 1. The molecule has 166 valence electrons. The van der Waals surface area contributed by atoms with Crippen LogP contribution in [0.2, 0.25) is 0 Å². The number of piperidine rings is 1. The number of nitrogens with zero attached hydrogens (tertiary/aromatic N) is 1. The van der Waals surface area contributed by atoms with Crippen molar-refractivity contribution in [2.75, 3.05) is 40.0 Å². The van der Waals surface area contributed by atoms with Gasteiger partial charge >= 0.3 is 5.97 Å². The quantitative estimate of drug-likeness (QED) is 0.333. The van der Waals surface area contributed by atoms with Crippen molar-refractivity contribution in [1.82, 2.24) is 4.90 Å². The molecule has 0 radical (unpaired) electrons. The lowest BCUT2D eigenvalue weighted by atomic mass is 9.95. The number of hydrogen-bond acceptors (Lipinski definition) is 5. The van der Waals surface area contributed by atoms with Gasteiger partial charge in [-0.2, -0.15) is 0 Å². The van der Waals surface area contributed by atoms with Crippen molar-refractivity contribution in [3.63, 3.8) is 0 Å². The fraction of sp³-hybridized carbons (Fsp3) is 0.423. The zero-order valence-electron chi connectivity index (χ0n) is 18.8. The highest BCUT2D eigenvalue weighted by molar-refractivity contribution is 5.81. The first-order chi connectivity index (χ1) is 15.1. The third-order valence-electron chi connectivity index (χ3n) is 5.67. The Morgan fingerprint density at radius 2 is 2.03 bits per heavy atom. The fourth-order valence-corrected chi connectivity index (χ4v) is 3.99. The minimum atomic E-state index is -0.0760. The predicted molar refractivity (Wildman–Crippen MR) is 123 cm³/mol. The number of carbonyl (C=O) groups is 1. The third kappa shape index (κ3) is 6.34. The number of hydrogen-bond donors (Lipinski definition) is 0. The van der Waals surface area contributed by atoms with Crippen LogP contribution in [0.4, 0.5) is 0 Å². The number of likely N-dealkylation sites (tertiary alicyclic amines) is 1. The van der Waals surface area contributed by atoms with Crippen LogP contribution in [0, 0.1) is 12.8 Å². The Balaban J connectivity index is 1.67. The lowest BCUT2D eigenvalue weighted by molar-refractivity contribution is -0.150. The van der Waals surface area contributed by atoms with Crippen molar-refractivity contribution >= 4 is 11.5 Å². The first-order valence-electron chi connectivity index (χ1n) is 11.0. The first-order valence-corrected chi connectivity index (χ1v) is 11.0. The maximum atomic E-state index is 12.1. The van der Waals surface area contributed by atoms with E-state index in [0.717, 1.165) is 54.9 Å². The molecule has 31 heavy (non-hydrogen) atoms. The van der Waals surface area contributed by atoms with Crippen LogP contribution in [-0.2, 0) is 14.3 Å². The molecule has 0 amide bonds. The number of rotatable bonds is 9. The molecule has 0 spiro atoms. The van der Waals surface area contributed by atoms with Crippen molar-refractivity contribution < 1.29 is 19.0 Å². The highest BCUT2D eigenvalue weighted by Crippen LogP contribution is 2.28. The molecule has 2 aromatic rings. The molecule has 1 aliphatic rings. The SMILES string of the molecule is CCOC(=O)[C@@H]1CCCN(CCOC=C(c2cccc(OC)c2)c2ccccc2C)C1. The standard InChI is InChI=1S/C26H33NO4/c1-4-31-26(28)22-11-8-14-27(18-22)15-16-30-19-25(24-13-6-5-9-20(24)2)21-10-7-12-23(17-21)29-3/h5-7,9-10,12-13,17,19,22H,4,8,11,14-16,18H2,1-3H3/t22-/m1/s1. The molecule has 0 unspecified atom stereocenters. The van der Waals surface area contributed by atoms with E-state index in [0.29, 0.717) is 13.2 Å². The summed E-state index contributed by atoms with van der Waals surface area (Å²) in [7, 11) is 1.68. The number of esters is 1. The second-order valence-corrected chi connectivity index (χ2v) is 7.84. The van der Waals surface area contributed by atoms with E-state index in [-0.39, 0.29) is 11.9 Å². The van der Waals surface area contributed by atoms with Crippen LogP contribution in [-0.4, -0.2) is 50.8 Å². The molecular formula is C26H33NO4. The Kier molecular flexibility index (Phi) is 8.53. The van der Waals surface area contributed by atoms with E-state index < -0.39 is 0 Å². The van der Waals surface area contributed by atoms with Crippen LogP contribution in [0.25, 0.3) is 5.57 Å². The number of carbonyl (C=O) groups excluding carboxylic acids is 1. The average Bonchev–Trinajstić information content (AvgIpc) is 2.80. The van der Waals surface area contributed by atoms with Gasteiger partial charge in [0.25, 0.3) is 0 Å². The maximum absolute atomic E-state index is 12.1. The molecule has 1 fully saturated rings. The summed E-state index contributed by atoms with van der Waals surface area (Å²) in [5.74, 6) is 0.715. The van der Waals surface area contributed by atoms with Gasteiger partial charge in [-0.05, 0) is 62.1 Å². The van der Waals surface area contributed by atoms with E-state index in [2.05, 4.69) is 30.0 Å². The van der Waals surface area contributed by atoms with Crippen LogP contribution in [0.3, 0.4) is 0 Å². The second kappa shape index (κ2) is 11.6. The number of methoxy groups -OCH3 is 1. The molecule has 0 aromatic heterocycles. The molecule has 3 rings (SSSR count). The second-order valence-electron chi connectivity index (χ2n) is 7.84. The van der Waals surface area contributed by atoms with Crippen LogP contribution >= 0.6 is 0 Å². The van der Waals surface area contributed by atoms with Crippen molar-refractivity contribution in [2.24, 2.45) is 5.92 Å².